The van der Waals surface area contributed by atoms with E-state index in [-0.39, 0.29) is 5.92 Å². The lowest BCUT2D eigenvalue weighted by atomic mass is 10.1. The van der Waals surface area contributed by atoms with Crippen molar-refractivity contribution in [3.8, 4) is 6.07 Å². The van der Waals surface area contributed by atoms with Crippen LogP contribution >= 0.6 is 0 Å². The van der Waals surface area contributed by atoms with Crippen molar-refractivity contribution in [3.63, 3.8) is 0 Å². The van der Waals surface area contributed by atoms with E-state index in [1.807, 2.05) is 13.8 Å². The van der Waals surface area contributed by atoms with Crippen molar-refractivity contribution in [1.29, 1.82) is 5.26 Å². The number of nitrogens with one attached hydrogen (secondary N) is 1. The van der Waals surface area contributed by atoms with Crippen molar-refractivity contribution < 1.29 is 17.9 Å². The van der Waals surface area contributed by atoms with Gasteiger partial charge in [0.25, 0.3) is 0 Å². The SMILES string of the molecule is COC(=O)C(CC(C)C)NS(=O)(=O)CC#N. The summed E-state index contributed by atoms with van der Waals surface area (Å²) in [5.41, 5.74) is 0. The molecule has 16 heavy (non-hydrogen) atoms. The zero-order chi connectivity index (χ0) is 12.8. The molecule has 0 radical (unpaired) electrons. The van der Waals surface area contributed by atoms with E-state index in [1.165, 1.54) is 13.2 Å². The van der Waals surface area contributed by atoms with Gasteiger partial charge in [-0.1, -0.05) is 13.8 Å². The smallest absolute Gasteiger partial charge is 0.323 e. The van der Waals surface area contributed by atoms with Crippen LogP contribution in [0.4, 0.5) is 0 Å². The summed E-state index contributed by atoms with van der Waals surface area (Å²) in [6, 6.07) is 0.594. The van der Waals surface area contributed by atoms with Gasteiger partial charge in [0.2, 0.25) is 10.0 Å². The van der Waals surface area contributed by atoms with E-state index in [0.717, 1.165) is 0 Å². The highest BCUT2D eigenvalue weighted by Crippen LogP contribution is 2.07. The molecule has 0 rings (SSSR count). The van der Waals surface area contributed by atoms with Crippen LogP contribution in [0.3, 0.4) is 0 Å². The molecule has 0 aromatic rings. The molecule has 0 heterocycles. The summed E-state index contributed by atoms with van der Waals surface area (Å²) < 4.78 is 29.2. The predicted octanol–water partition coefficient (Wildman–Crippen LogP) is 0.0171. The molecule has 1 atom stereocenters. The monoisotopic (exact) mass is 248 g/mol. The Morgan fingerprint density at radius 2 is 2.06 bits per heavy atom. The van der Waals surface area contributed by atoms with Gasteiger partial charge in [-0.2, -0.15) is 5.26 Å². The van der Waals surface area contributed by atoms with Gasteiger partial charge in [0.1, 0.15) is 6.04 Å². The van der Waals surface area contributed by atoms with Crippen molar-refractivity contribution in [2.24, 2.45) is 5.92 Å². The zero-order valence-electron chi connectivity index (χ0n) is 9.56. The highest BCUT2D eigenvalue weighted by atomic mass is 32.2. The molecule has 0 fully saturated rings. The molecule has 0 saturated carbocycles. The average Bonchev–Trinajstić information content (AvgIpc) is 2.14. The Bertz CT molecular complexity index is 369. The largest absolute Gasteiger partial charge is 0.468 e. The normalized spacial score (nSPS) is 13.2. The van der Waals surface area contributed by atoms with Crippen LogP contribution in [-0.4, -0.2) is 33.3 Å². The van der Waals surface area contributed by atoms with Crippen molar-refractivity contribution in [2.45, 2.75) is 26.3 Å². The molecule has 0 aliphatic heterocycles. The maximum absolute atomic E-state index is 11.3. The summed E-state index contributed by atoms with van der Waals surface area (Å²) in [5.74, 6) is -1.18. The Labute approximate surface area is 95.6 Å². The molecule has 0 spiro atoms. The van der Waals surface area contributed by atoms with E-state index < -0.39 is 27.8 Å². The lowest BCUT2D eigenvalue weighted by Gasteiger charge is -2.17. The highest BCUT2D eigenvalue weighted by Gasteiger charge is 2.25. The first-order chi connectivity index (χ1) is 7.32. The number of hydrogen-bond donors (Lipinski definition) is 1. The fourth-order valence-corrected chi connectivity index (χ4v) is 2.03. The lowest BCUT2D eigenvalue weighted by molar-refractivity contribution is -0.143. The van der Waals surface area contributed by atoms with Gasteiger partial charge >= 0.3 is 5.97 Å². The molecule has 1 N–H and O–H groups in total. The third kappa shape index (κ3) is 5.68. The van der Waals surface area contributed by atoms with Gasteiger partial charge in [-0.25, -0.2) is 13.1 Å². The number of hydrogen-bond acceptors (Lipinski definition) is 5. The van der Waals surface area contributed by atoms with Gasteiger partial charge in [-0.05, 0) is 12.3 Å². The maximum atomic E-state index is 11.3. The fraction of sp³-hybridized carbons (Fsp3) is 0.778. The van der Waals surface area contributed by atoms with Crippen molar-refractivity contribution >= 4 is 16.0 Å². The molecule has 0 aliphatic rings. The minimum atomic E-state index is -3.74. The van der Waals surface area contributed by atoms with E-state index in [1.54, 1.807) is 0 Å². The molecule has 92 valence electrons. The van der Waals surface area contributed by atoms with Gasteiger partial charge in [-0.15, -0.1) is 0 Å². The van der Waals surface area contributed by atoms with E-state index in [4.69, 9.17) is 5.26 Å². The van der Waals surface area contributed by atoms with Crippen LogP contribution in [0.15, 0.2) is 0 Å². The van der Waals surface area contributed by atoms with Gasteiger partial charge in [0, 0.05) is 0 Å². The topological polar surface area (TPSA) is 96.3 Å². The van der Waals surface area contributed by atoms with Crippen LogP contribution in [0.25, 0.3) is 0 Å². The van der Waals surface area contributed by atoms with Crippen molar-refractivity contribution in [3.05, 3.63) is 0 Å². The Hall–Kier alpha value is -1.13. The standard InChI is InChI=1S/C9H16N2O4S/c1-7(2)6-8(9(12)15-3)11-16(13,14)5-4-10/h7-8,11H,5-6H2,1-3H3. The van der Waals surface area contributed by atoms with E-state index in [2.05, 4.69) is 9.46 Å². The van der Waals surface area contributed by atoms with Crippen LogP contribution in [0.2, 0.25) is 0 Å². The zero-order valence-corrected chi connectivity index (χ0v) is 10.4. The second-order valence-electron chi connectivity index (χ2n) is 3.74. The summed E-state index contributed by atoms with van der Waals surface area (Å²) in [6.07, 6.45) is 0.331. The Morgan fingerprint density at radius 1 is 1.50 bits per heavy atom. The third-order valence-corrected chi connectivity index (χ3v) is 2.92. The Balaban J connectivity index is 4.68. The number of rotatable bonds is 6. The summed E-state index contributed by atoms with van der Waals surface area (Å²) >= 11 is 0. The molecule has 6 nitrogen and oxygen atoms in total. The molecule has 7 heteroatoms. The van der Waals surface area contributed by atoms with Crippen LogP contribution in [0.5, 0.6) is 0 Å². The summed E-state index contributed by atoms with van der Waals surface area (Å²) in [7, 11) is -2.55. The van der Waals surface area contributed by atoms with Crippen LogP contribution in [0.1, 0.15) is 20.3 Å². The minimum Gasteiger partial charge on any atom is -0.468 e. The van der Waals surface area contributed by atoms with Crippen molar-refractivity contribution in [1.82, 2.24) is 4.72 Å². The Kier molecular flexibility index (Phi) is 6.00. The molecular weight excluding hydrogens is 232 g/mol. The summed E-state index contributed by atoms with van der Waals surface area (Å²) in [4.78, 5) is 11.3. The van der Waals surface area contributed by atoms with E-state index in [0.29, 0.717) is 6.42 Å². The number of carbonyl (C=O) groups excluding carboxylic acids is 1. The average molecular weight is 248 g/mol. The van der Waals surface area contributed by atoms with Gasteiger partial charge in [-0.3, -0.25) is 4.79 Å². The summed E-state index contributed by atoms with van der Waals surface area (Å²) in [5, 5.41) is 8.31. The molecule has 0 saturated heterocycles. The number of esters is 1. The van der Waals surface area contributed by atoms with Crippen LogP contribution < -0.4 is 4.72 Å². The Morgan fingerprint density at radius 3 is 2.44 bits per heavy atom. The second-order valence-corrected chi connectivity index (χ2v) is 5.49. The lowest BCUT2D eigenvalue weighted by Crippen LogP contribution is -2.43. The number of ether oxygens (including phenoxy) is 1. The number of carbonyl (C=O) groups is 1. The molecule has 1 unspecified atom stereocenters. The predicted molar refractivity (Wildman–Crippen MR) is 57.8 cm³/mol. The minimum absolute atomic E-state index is 0.133. The number of nitrogens with zero attached hydrogens (tertiary/aromatic N) is 1. The number of nitriles is 1. The van der Waals surface area contributed by atoms with E-state index in [9.17, 15) is 13.2 Å². The first kappa shape index (κ1) is 14.9. The quantitative estimate of drug-likeness (QED) is 0.668. The molecule has 0 amide bonds. The maximum Gasteiger partial charge on any atom is 0.323 e. The van der Waals surface area contributed by atoms with Crippen LogP contribution in [0, 0.1) is 17.2 Å². The summed E-state index contributed by atoms with van der Waals surface area (Å²) in [6.45, 7) is 3.71. The molecule has 0 aromatic carbocycles. The first-order valence-corrected chi connectivity index (χ1v) is 6.42. The highest BCUT2D eigenvalue weighted by molar-refractivity contribution is 7.89. The van der Waals surface area contributed by atoms with Gasteiger partial charge < -0.3 is 4.74 Å². The van der Waals surface area contributed by atoms with Gasteiger partial charge in [0.05, 0.1) is 13.2 Å². The second kappa shape index (κ2) is 6.45. The molecule has 0 aromatic heterocycles. The third-order valence-electron chi connectivity index (χ3n) is 1.77. The van der Waals surface area contributed by atoms with E-state index >= 15 is 0 Å². The van der Waals surface area contributed by atoms with Crippen LogP contribution in [-0.2, 0) is 19.6 Å². The number of sulfonamides is 1. The van der Waals surface area contributed by atoms with Gasteiger partial charge in [0.15, 0.2) is 5.75 Å². The molecule has 0 bridgehead atoms. The first-order valence-electron chi connectivity index (χ1n) is 4.77. The number of methoxy groups -OCH3 is 1. The molecular formula is C9H16N2O4S. The molecule has 0 aliphatic carbocycles. The van der Waals surface area contributed by atoms with Crippen molar-refractivity contribution in [2.75, 3.05) is 12.9 Å². The fourth-order valence-electron chi connectivity index (χ4n) is 1.15.